The highest BCUT2D eigenvalue weighted by molar-refractivity contribution is 5.70. The highest BCUT2D eigenvalue weighted by atomic mass is 16.7. The predicted molar refractivity (Wildman–Crippen MR) is 127 cm³/mol. The summed E-state index contributed by atoms with van der Waals surface area (Å²) in [7, 11) is 0. The van der Waals surface area contributed by atoms with Gasteiger partial charge in [-0.2, -0.15) is 0 Å². The normalized spacial score (nSPS) is 37.9. The molecule has 2 aliphatic heterocycles. The number of rotatable bonds is 10. The van der Waals surface area contributed by atoms with E-state index in [1.54, 1.807) is 0 Å². The number of ether oxygens (including phenoxy) is 6. The minimum Gasteiger partial charge on any atom is -0.463 e. The Balaban J connectivity index is 1.88. The molecule has 1 saturated carbocycles. The summed E-state index contributed by atoms with van der Waals surface area (Å²) in [5.74, 6) is -3.74. The molecule has 222 valence electrons. The molecule has 0 unspecified atom stereocenters. The smallest absolute Gasteiger partial charge is 0.309 e. The summed E-state index contributed by atoms with van der Waals surface area (Å²) in [6.45, 7) is 4.44. The summed E-state index contributed by atoms with van der Waals surface area (Å²) >= 11 is 0. The maximum atomic E-state index is 12.5. The summed E-state index contributed by atoms with van der Waals surface area (Å²) in [6, 6.07) is 0. The topological polar surface area (TPSA) is 208 Å². The van der Waals surface area contributed by atoms with Crippen LogP contribution < -0.4 is 0 Å². The third-order valence-electron chi connectivity index (χ3n) is 7.06. The van der Waals surface area contributed by atoms with Crippen molar-refractivity contribution < 1.29 is 68.3 Å². The van der Waals surface area contributed by atoms with Gasteiger partial charge in [-0.05, 0) is 17.9 Å². The van der Waals surface area contributed by atoms with Gasteiger partial charge in [-0.25, -0.2) is 0 Å². The van der Waals surface area contributed by atoms with E-state index in [0.717, 1.165) is 13.8 Å². The largest absolute Gasteiger partial charge is 0.463 e. The lowest BCUT2D eigenvalue weighted by atomic mass is 9.80. The summed E-state index contributed by atoms with van der Waals surface area (Å²) in [5, 5.41) is 51.5. The fourth-order valence-corrected chi connectivity index (χ4v) is 5.17. The van der Waals surface area contributed by atoms with E-state index in [1.807, 2.05) is 13.8 Å². The lowest BCUT2D eigenvalue weighted by Gasteiger charge is -2.41. The zero-order valence-corrected chi connectivity index (χ0v) is 22.3. The monoisotopic (exact) mass is 562 g/mol. The molecule has 0 spiro atoms. The Morgan fingerprint density at radius 3 is 2.33 bits per heavy atom. The van der Waals surface area contributed by atoms with Gasteiger partial charge in [-0.15, -0.1) is 0 Å². The first-order valence-electron chi connectivity index (χ1n) is 12.8. The van der Waals surface area contributed by atoms with Gasteiger partial charge in [0.25, 0.3) is 0 Å². The second kappa shape index (κ2) is 12.9. The van der Waals surface area contributed by atoms with Crippen molar-refractivity contribution in [3.05, 3.63) is 11.8 Å². The number of carbonyl (C=O) groups excluding carboxylic acids is 3. The maximum absolute atomic E-state index is 12.5. The van der Waals surface area contributed by atoms with Crippen LogP contribution in [0.2, 0.25) is 0 Å². The third kappa shape index (κ3) is 7.06. The van der Waals surface area contributed by atoms with Crippen LogP contribution in [0.15, 0.2) is 11.8 Å². The Morgan fingerprint density at radius 1 is 1.05 bits per heavy atom. The van der Waals surface area contributed by atoms with Gasteiger partial charge in [0, 0.05) is 26.2 Å². The quantitative estimate of drug-likeness (QED) is 0.152. The van der Waals surface area contributed by atoms with Crippen LogP contribution in [0.1, 0.15) is 40.5 Å². The molecule has 1 aliphatic carbocycles. The van der Waals surface area contributed by atoms with Crippen LogP contribution in [0, 0.1) is 17.8 Å². The Labute approximate surface area is 225 Å². The average molecular weight is 563 g/mol. The number of carbonyl (C=O) groups is 3. The first kappa shape index (κ1) is 31.2. The number of hydrogen-bond donors (Lipinski definition) is 5. The number of aliphatic hydroxyl groups excluding tert-OH is 4. The zero-order chi connectivity index (χ0) is 29.1. The fourth-order valence-electron chi connectivity index (χ4n) is 5.17. The maximum Gasteiger partial charge on any atom is 0.309 e. The van der Waals surface area contributed by atoms with Crippen molar-refractivity contribution >= 4 is 17.9 Å². The molecule has 2 fully saturated rings. The summed E-state index contributed by atoms with van der Waals surface area (Å²) in [6.07, 6.45) is -8.62. The van der Waals surface area contributed by atoms with Crippen LogP contribution in [0.3, 0.4) is 0 Å². The van der Waals surface area contributed by atoms with E-state index in [-0.39, 0.29) is 25.4 Å². The van der Waals surface area contributed by atoms with Crippen molar-refractivity contribution in [1.82, 2.24) is 0 Å². The van der Waals surface area contributed by atoms with Crippen molar-refractivity contribution in [1.29, 1.82) is 0 Å². The molecular weight excluding hydrogens is 524 g/mol. The molecule has 5 N–H and O–H groups in total. The number of aliphatic hydroxyl groups is 5. The molecular formula is C25H38O14. The SMILES string of the molecule is CC(=O)OC[C@]1(O)[C@@H]2[C@H](OC(=O)CC(C)C)OC=C(CO[C@@H]3O[C@H](CO)[C@@H](O)[C@H](O)[C@H]3O)[C@@H]2C[C@@H]1OC(C)=O. The van der Waals surface area contributed by atoms with E-state index in [2.05, 4.69) is 0 Å². The Hall–Kier alpha value is -2.33. The number of esters is 3. The highest BCUT2D eigenvalue weighted by Crippen LogP contribution is 2.51. The second-order valence-corrected chi connectivity index (χ2v) is 10.5. The Morgan fingerprint density at radius 2 is 1.74 bits per heavy atom. The molecule has 0 radical (unpaired) electrons. The van der Waals surface area contributed by atoms with E-state index in [0.29, 0.717) is 5.57 Å². The standard InChI is InChI=1S/C25H38O14/c1-11(2)5-18(29)39-23-19-15(6-17(37-13(4)28)25(19,33)10-36-12(3)27)14(8-34-23)9-35-24-22(32)21(31)20(30)16(7-26)38-24/h8,11,15-17,19-24,26,30-33H,5-7,9-10H2,1-4H3/t15-,16+,17-,19-,20+,21-,22+,23-,24+,25+/m0/s1. The predicted octanol–water partition coefficient (Wildman–Crippen LogP) is -1.51. The van der Waals surface area contributed by atoms with Crippen LogP contribution in [-0.2, 0) is 42.8 Å². The minimum atomic E-state index is -2.01. The van der Waals surface area contributed by atoms with Crippen LogP contribution in [0.25, 0.3) is 0 Å². The molecule has 3 rings (SSSR count). The zero-order valence-electron chi connectivity index (χ0n) is 22.3. The van der Waals surface area contributed by atoms with E-state index >= 15 is 0 Å². The summed E-state index contributed by atoms with van der Waals surface area (Å²) in [5.41, 5.74) is -1.61. The van der Waals surface area contributed by atoms with Gasteiger partial charge in [0.15, 0.2) is 6.29 Å². The van der Waals surface area contributed by atoms with Crippen molar-refractivity contribution in [2.75, 3.05) is 19.8 Å². The minimum absolute atomic E-state index is 0.0211. The molecule has 0 amide bonds. The molecule has 0 bridgehead atoms. The molecule has 14 nitrogen and oxygen atoms in total. The van der Waals surface area contributed by atoms with E-state index in [4.69, 9.17) is 28.4 Å². The van der Waals surface area contributed by atoms with Crippen molar-refractivity contribution in [3.63, 3.8) is 0 Å². The highest BCUT2D eigenvalue weighted by Gasteiger charge is 2.63. The Bertz CT molecular complexity index is 918. The first-order valence-corrected chi connectivity index (χ1v) is 12.8. The van der Waals surface area contributed by atoms with Gasteiger partial charge in [0.2, 0.25) is 6.29 Å². The second-order valence-electron chi connectivity index (χ2n) is 10.5. The van der Waals surface area contributed by atoms with Gasteiger partial charge in [-0.3, -0.25) is 14.4 Å². The molecule has 2 heterocycles. The first-order chi connectivity index (χ1) is 18.3. The van der Waals surface area contributed by atoms with Crippen molar-refractivity contribution in [2.24, 2.45) is 17.8 Å². The summed E-state index contributed by atoms with van der Waals surface area (Å²) in [4.78, 5) is 36.0. The molecule has 14 heteroatoms. The third-order valence-corrected chi connectivity index (χ3v) is 7.06. The average Bonchev–Trinajstić information content (AvgIpc) is 3.13. The van der Waals surface area contributed by atoms with Crippen LogP contribution in [-0.4, -0.2) is 112 Å². The van der Waals surface area contributed by atoms with Crippen molar-refractivity contribution in [3.8, 4) is 0 Å². The number of hydrogen-bond acceptors (Lipinski definition) is 14. The summed E-state index contributed by atoms with van der Waals surface area (Å²) < 4.78 is 32.8. The molecule has 0 aromatic carbocycles. The van der Waals surface area contributed by atoms with Crippen LogP contribution in [0.4, 0.5) is 0 Å². The Kier molecular flexibility index (Phi) is 10.3. The molecule has 0 aromatic rings. The molecule has 0 aromatic heterocycles. The van der Waals surface area contributed by atoms with Gasteiger partial charge < -0.3 is 54.0 Å². The van der Waals surface area contributed by atoms with Gasteiger partial charge in [0.1, 0.15) is 42.7 Å². The van der Waals surface area contributed by atoms with E-state index in [9.17, 15) is 39.9 Å². The molecule has 10 atom stereocenters. The molecule has 1 saturated heterocycles. The number of fused-ring (bicyclic) bond motifs is 1. The van der Waals surface area contributed by atoms with E-state index in [1.165, 1.54) is 6.26 Å². The van der Waals surface area contributed by atoms with E-state index < -0.39 is 91.7 Å². The van der Waals surface area contributed by atoms with Crippen molar-refractivity contribution in [2.45, 2.75) is 89.2 Å². The van der Waals surface area contributed by atoms with Gasteiger partial charge >= 0.3 is 17.9 Å². The molecule has 39 heavy (non-hydrogen) atoms. The fraction of sp³-hybridized carbons (Fsp3) is 0.800. The van der Waals surface area contributed by atoms with Crippen LogP contribution in [0.5, 0.6) is 0 Å². The molecule has 3 aliphatic rings. The lowest BCUT2D eigenvalue weighted by Crippen LogP contribution is -2.59. The van der Waals surface area contributed by atoms with Gasteiger partial charge in [-0.1, -0.05) is 13.8 Å². The van der Waals surface area contributed by atoms with Crippen LogP contribution >= 0.6 is 0 Å². The lowest BCUT2D eigenvalue weighted by molar-refractivity contribution is -0.299. The van der Waals surface area contributed by atoms with Gasteiger partial charge in [0.05, 0.1) is 25.4 Å².